The summed E-state index contributed by atoms with van der Waals surface area (Å²) in [5.74, 6) is -0.112. The van der Waals surface area contributed by atoms with E-state index in [1.165, 1.54) is 11.8 Å². The number of para-hydroxylation sites is 2. The van der Waals surface area contributed by atoms with Gasteiger partial charge in [0.25, 0.3) is 0 Å². The summed E-state index contributed by atoms with van der Waals surface area (Å²) in [6.45, 7) is 6.06. The van der Waals surface area contributed by atoms with Crippen molar-refractivity contribution in [1.82, 2.24) is 14.3 Å². The maximum Gasteiger partial charge on any atom is 0.327 e. The predicted octanol–water partition coefficient (Wildman–Crippen LogP) is 5.26. The molecule has 0 radical (unpaired) electrons. The highest BCUT2D eigenvalue weighted by Crippen LogP contribution is 2.45. The first-order valence-electron chi connectivity index (χ1n) is 12.0. The van der Waals surface area contributed by atoms with Crippen molar-refractivity contribution >= 4 is 38.8 Å². The van der Waals surface area contributed by atoms with Crippen LogP contribution >= 0.6 is 11.8 Å². The molecule has 2 aromatic carbocycles. The molecule has 1 aromatic heterocycles. The molecule has 1 heterocycles. The van der Waals surface area contributed by atoms with Gasteiger partial charge < -0.3 is 9.67 Å². The van der Waals surface area contributed by atoms with E-state index in [9.17, 15) is 18.3 Å². The second-order valence-corrected chi connectivity index (χ2v) is 13.1. The number of rotatable bonds is 11. The summed E-state index contributed by atoms with van der Waals surface area (Å²) in [6, 6.07) is 16.2. The van der Waals surface area contributed by atoms with Crippen molar-refractivity contribution in [2.75, 3.05) is 12.3 Å². The number of hydrogen-bond acceptors (Lipinski definition) is 5. The Bertz CT molecular complexity index is 1280. The van der Waals surface area contributed by atoms with Gasteiger partial charge >= 0.3 is 5.97 Å². The maximum atomic E-state index is 13.1. The fraction of sp³-hybridized carbons (Fsp3) is 0.462. The molecule has 0 amide bonds. The van der Waals surface area contributed by atoms with Crippen molar-refractivity contribution in [2.24, 2.45) is 11.3 Å². The van der Waals surface area contributed by atoms with Crippen LogP contribution in [0, 0.1) is 11.3 Å². The fourth-order valence-electron chi connectivity index (χ4n) is 4.53. The minimum atomic E-state index is -3.49. The predicted molar refractivity (Wildman–Crippen MR) is 140 cm³/mol. The van der Waals surface area contributed by atoms with E-state index in [1.54, 1.807) is 0 Å². The zero-order valence-corrected chi connectivity index (χ0v) is 22.0. The molecule has 0 saturated heterocycles. The van der Waals surface area contributed by atoms with Crippen LogP contribution in [-0.2, 0) is 14.8 Å². The molecule has 4 rings (SSSR count). The lowest BCUT2D eigenvalue weighted by Crippen LogP contribution is -2.32. The molecule has 2 atom stereocenters. The largest absolute Gasteiger partial charge is 0.480 e. The Balaban J connectivity index is 1.44. The van der Waals surface area contributed by atoms with Gasteiger partial charge in [0.2, 0.25) is 10.0 Å². The second kappa shape index (κ2) is 10.3. The Morgan fingerprint density at radius 1 is 1.14 bits per heavy atom. The molecule has 1 saturated carbocycles. The zero-order valence-electron chi connectivity index (χ0n) is 20.3. The molecule has 35 heavy (non-hydrogen) atoms. The monoisotopic (exact) mass is 515 g/mol. The number of aliphatic carboxylic acids is 1. The molecule has 1 aliphatic carbocycles. The Kier molecular flexibility index (Phi) is 7.59. The first kappa shape index (κ1) is 25.7. The summed E-state index contributed by atoms with van der Waals surface area (Å²) in [4.78, 5) is 16.9. The lowest BCUT2D eigenvalue weighted by atomic mass is 9.86. The SMILES string of the molecule is CC(C)(C)C(C(=O)O)n1c(SCCCNS(=O)(=O)C(c2ccccc2)C2CC2)nc2ccccc21. The molecule has 0 aliphatic heterocycles. The number of sulfonamides is 1. The normalized spacial score (nSPS) is 16.3. The summed E-state index contributed by atoms with van der Waals surface area (Å²) in [7, 11) is -3.49. The molecule has 0 bridgehead atoms. The van der Waals surface area contributed by atoms with Gasteiger partial charge in [0.15, 0.2) is 5.16 Å². The van der Waals surface area contributed by atoms with Gasteiger partial charge in [0, 0.05) is 12.3 Å². The summed E-state index contributed by atoms with van der Waals surface area (Å²) >= 11 is 1.46. The highest BCUT2D eigenvalue weighted by molar-refractivity contribution is 7.99. The van der Waals surface area contributed by atoms with E-state index in [-0.39, 0.29) is 5.92 Å². The number of aromatic nitrogens is 2. The number of carbonyl (C=O) groups is 1. The van der Waals surface area contributed by atoms with Gasteiger partial charge in [0.1, 0.15) is 11.3 Å². The average Bonchev–Trinajstić information content (AvgIpc) is 3.55. The number of carboxylic acid groups (broad SMARTS) is 1. The number of fused-ring (bicyclic) bond motifs is 1. The molecule has 3 aromatic rings. The van der Waals surface area contributed by atoms with E-state index in [0.29, 0.717) is 23.9 Å². The first-order valence-corrected chi connectivity index (χ1v) is 14.5. The van der Waals surface area contributed by atoms with E-state index in [4.69, 9.17) is 4.98 Å². The number of thioether (sulfide) groups is 1. The number of hydrogen-bond donors (Lipinski definition) is 2. The molecular formula is C26H33N3O4S2. The van der Waals surface area contributed by atoms with Gasteiger partial charge in [0.05, 0.1) is 11.0 Å². The van der Waals surface area contributed by atoms with Crippen LogP contribution in [0.2, 0.25) is 0 Å². The Morgan fingerprint density at radius 3 is 2.43 bits per heavy atom. The Labute approximate surface area is 211 Å². The standard InChI is InChI=1S/C26H33N3O4S2/c1-26(2,3)23(24(30)31)29-21-13-8-7-12-20(21)28-25(29)34-17-9-16-27-35(32,33)22(19-14-15-19)18-10-5-4-6-11-18/h4-8,10-13,19,22-23,27H,9,14-17H2,1-3H3,(H,30,31). The Hall–Kier alpha value is -2.36. The van der Waals surface area contributed by atoms with Crippen LogP contribution in [0.5, 0.6) is 0 Å². The van der Waals surface area contributed by atoms with E-state index < -0.39 is 32.7 Å². The van der Waals surface area contributed by atoms with Crippen molar-refractivity contribution in [2.45, 2.75) is 56.5 Å². The molecule has 188 valence electrons. The molecule has 1 aliphatic rings. The average molecular weight is 516 g/mol. The quantitative estimate of drug-likeness (QED) is 0.267. The fourth-order valence-corrected chi connectivity index (χ4v) is 7.41. The maximum absolute atomic E-state index is 13.1. The van der Waals surface area contributed by atoms with Gasteiger partial charge in [-0.3, -0.25) is 0 Å². The molecule has 0 spiro atoms. The number of benzene rings is 2. The molecule has 2 unspecified atom stereocenters. The van der Waals surface area contributed by atoms with Crippen LogP contribution in [-0.4, -0.2) is 41.3 Å². The van der Waals surface area contributed by atoms with Crippen molar-refractivity contribution in [3.8, 4) is 0 Å². The van der Waals surface area contributed by atoms with E-state index >= 15 is 0 Å². The van der Waals surface area contributed by atoms with Crippen LogP contribution in [0.3, 0.4) is 0 Å². The van der Waals surface area contributed by atoms with Crippen LogP contribution < -0.4 is 4.72 Å². The van der Waals surface area contributed by atoms with Crippen LogP contribution in [0.25, 0.3) is 11.0 Å². The van der Waals surface area contributed by atoms with Crippen molar-refractivity contribution in [3.63, 3.8) is 0 Å². The summed E-state index contributed by atoms with van der Waals surface area (Å²) < 4.78 is 30.8. The van der Waals surface area contributed by atoms with Crippen molar-refractivity contribution in [3.05, 3.63) is 60.2 Å². The minimum absolute atomic E-state index is 0.175. The van der Waals surface area contributed by atoms with E-state index in [1.807, 2.05) is 79.9 Å². The molecular weight excluding hydrogens is 482 g/mol. The molecule has 9 heteroatoms. The first-order chi connectivity index (χ1) is 16.6. The van der Waals surface area contributed by atoms with Gasteiger partial charge in [-0.25, -0.2) is 22.9 Å². The summed E-state index contributed by atoms with van der Waals surface area (Å²) in [5.41, 5.74) is 1.86. The summed E-state index contributed by atoms with van der Waals surface area (Å²) in [6.07, 6.45) is 2.47. The summed E-state index contributed by atoms with van der Waals surface area (Å²) in [5, 5.41) is 10.2. The zero-order chi connectivity index (χ0) is 25.2. The molecule has 2 N–H and O–H groups in total. The topological polar surface area (TPSA) is 101 Å². The third-order valence-corrected chi connectivity index (χ3v) is 9.22. The van der Waals surface area contributed by atoms with Crippen molar-refractivity contribution < 1.29 is 18.3 Å². The van der Waals surface area contributed by atoms with Gasteiger partial charge in [-0.05, 0) is 48.3 Å². The third kappa shape index (κ3) is 5.90. The lowest BCUT2D eigenvalue weighted by molar-refractivity contribution is -0.144. The van der Waals surface area contributed by atoms with E-state index in [2.05, 4.69) is 4.72 Å². The smallest absolute Gasteiger partial charge is 0.327 e. The minimum Gasteiger partial charge on any atom is -0.480 e. The Morgan fingerprint density at radius 2 is 1.80 bits per heavy atom. The van der Waals surface area contributed by atoms with Gasteiger partial charge in [-0.1, -0.05) is 75.0 Å². The van der Waals surface area contributed by atoms with Crippen LogP contribution in [0.4, 0.5) is 0 Å². The third-order valence-electron chi connectivity index (χ3n) is 6.24. The second-order valence-electron chi connectivity index (χ2n) is 10.2. The highest BCUT2D eigenvalue weighted by atomic mass is 32.2. The highest BCUT2D eigenvalue weighted by Gasteiger charge is 2.41. The van der Waals surface area contributed by atoms with Crippen LogP contribution in [0.1, 0.15) is 56.9 Å². The number of nitrogens with one attached hydrogen (secondary N) is 1. The molecule has 7 nitrogen and oxygen atoms in total. The van der Waals surface area contributed by atoms with Crippen molar-refractivity contribution in [1.29, 1.82) is 0 Å². The lowest BCUT2D eigenvalue weighted by Gasteiger charge is -2.29. The number of nitrogens with zero attached hydrogens (tertiary/aromatic N) is 2. The van der Waals surface area contributed by atoms with Crippen LogP contribution in [0.15, 0.2) is 59.8 Å². The molecule has 1 fully saturated rings. The number of carboxylic acids is 1. The van der Waals surface area contributed by atoms with E-state index in [0.717, 1.165) is 29.4 Å². The van der Waals surface area contributed by atoms with Gasteiger partial charge in [-0.2, -0.15) is 0 Å². The number of imidazole rings is 1. The van der Waals surface area contributed by atoms with Gasteiger partial charge in [-0.15, -0.1) is 0 Å².